The van der Waals surface area contributed by atoms with Gasteiger partial charge >= 0.3 is 0 Å². The van der Waals surface area contributed by atoms with E-state index in [1.54, 1.807) is 0 Å². The van der Waals surface area contributed by atoms with Crippen molar-refractivity contribution in [2.75, 3.05) is 0 Å². The van der Waals surface area contributed by atoms with Gasteiger partial charge < -0.3 is 4.40 Å². The third kappa shape index (κ3) is 2.89. The van der Waals surface area contributed by atoms with E-state index in [0.717, 1.165) is 28.2 Å². The molecule has 0 atom stereocenters. The van der Waals surface area contributed by atoms with Crippen LogP contribution in [0, 0.1) is 0 Å². The molecule has 0 radical (unpaired) electrons. The second-order valence-corrected chi connectivity index (χ2v) is 6.44. The average Bonchev–Trinajstić information content (AvgIpc) is 3.18. The first-order chi connectivity index (χ1) is 13.4. The van der Waals surface area contributed by atoms with Gasteiger partial charge in [-0.2, -0.15) is 0 Å². The molecule has 0 unspecified atom stereocenters. The molecule has 2 heterocycles. The molecule has 5 rings (SSSR count). The van der Waals surface area contributed by atoms with Crippen molar-refractivity contribution in [3.63, 3.8) is 0 Å². The summed E-state index contributed by atoms with van der Waals surface area (Å²) in [6.07, 6.45) is 5.97. The molecule has 0 aliphatic rings. The number of rotatable bonds is 3. The zero-order chi connectivity index (χ0) is 18.1. The van der Waals surface area contributed by atoms with Gasteiger partial charge in [0, 0.05) is 29.7 Å². The van der Waals surface area contributed by atoms with Gasteiger partial charge in [0.2, 0.25) is 0 Å². The highest BCUT2D eigenvalue weighted by molar-refractivity contribution is 6.00. The fourth-order valence-corrected chi connectivity index (χ4v) is 3.35. The molecule has 0 spiro atoms. The molecule has 0 amide bonds. The van der Waals surface area contributed by atoms with Gasteiger partial charge in [0.15, 0.2) is 5.65 Å². The Kier molecular flexibility index (Phi) is 3.76. The van der Waals surface area contributed by atoms with Gasteiger partial charge in [0.1, 0.15) is 5.69 Å². The molecule has 0 aliphatic carbocycles. The highest BCUT2D eigenvalue weighted by Gasteiger charge is 2.07. The first-order valence-electron chi connectivity index (χ1n) is 8.93. The van der Waals surface area contributed by atoms with Crippen LogP contribution in [0.1, 0.15) is 5.56 Å². The SMILES string of the molecule is C(=Nc1cccn2cc(-c3ccccc3)nc12)c1cccc2ccccc12. The smallest absolute Gasteiger partial charge is 0.163 e. The fourth-order valence-electron chi connectivity index (χ4n) is 3.35. The van der Waals surface area contributed by atoms with E-state index in [2.05, 4.69) is 54.6 Å². The van der Waals surface area contributed by atoms with Crippen LogP contribution in [-0.2, 0) is 0 Å². The molecule has 0 saturated heterocycles. The van der Waals surface area contributed by atoms with Gasteiger partial charge in [-0.15, -0.1) is 0 Å². The predicted octanol–water partition coefficient (Wildman–Crippen LogP) is 5.91. The van der Waals surface area contributed by atoms with Gasteiger partial charge in [0.05, 0.1) is 5.69 Å². The Labute approximate surface area is 157 Å². The van der Waals surface area contributed by atoms with Gasteiger partial charge in [-0.1, -0.05) is 72.8 Å². The Morgan fingerprint density at radius 3 is 2.52 bits per heavy atom. The van der Waals surface area contributed by atoms with Gasteiger partial charge in [-0.05, 0) is 22.9 Å². The maximum Gasteiger partial charge on any atom is 0.163 e. The molecule has 3 aromatic carbocycles. The van der Waals surface area contributed by atoms with E-state index in [0.29, 0.717) is 0 Å². The molecule has 0 aliphatic heterocycles. The van der Waals surface area contributed by atoms with Gasteiger partial charge in [0.25, 0.3) is 0 Å². The number of pyridine rings is 1. The van der Waals surface area contributed by atoms with Crippen LogP contribution >= 0.6 is 0 Å². The normalized spacial score (nSPS) is 11.6. The number of hydrogen-bond acceptors (Lipinski definition) is 2. The lowest BCUT2D eigenvalue weighted by Crippen LogP contribution is -1.85. The van der Waals surface area contributed by atoms with Crippen LogP contribution < -0.4 is 0 Å². The summed E-state index contributed by atoms with van der Waals surface area (Å²) in [5.41, 5.74) is 4.86. The number of hydrogen-bond donors (Lipinski definition) is 0. The number of aromatic nitrogens is 2. The molecular formula is C24H17N3. The van der Waals surface area contributed by atoms with E-state index in [9.17, 15) is 0 Å². The molecule has 2 aromatic heterocycles. The molecule has 3 nitrogen and oxygen atoms in total. The monoisotopic (exact) mass is 347 g/mol. The summed E-state index contributed by atoms with van der Waals surface area (Å²) in [6.45, 7) is 0. The van der Waals surface area contributed by atoms with Crippen molar-refractivity contribution >= 4 is 28.3 Å². The quantitative estimate of drug-likeness (QED) is 0.373. The van der Waals surface area contributed by atoms with Crippen LogP contribution in [0.15, 0.2) is 102 Å². The molecule has 27 heavy (non-hydrogen) atoms. The molecule has 5 aromatic rings. The number of benzene rings is 3. The van der Waals surface area contributed by atoms with E-state index in [-0.39, 0.29) is 0 Å². The molecule has 0 bridgehead atoms. The van der Waals surface area contributed by atoms with Crippen LogP contribution in [0.5, 0.6) is 0 Å². The van der Waals surface area contributed by atoms with Crippen molar-refractivity contribution in [2.45, 2.75) is 0 Å². The molecule has 0 N–H and O–H groups in total. The molecular weight excluding hydrogens is 330 g/mol. The maximum absolute atomic E-state index is 4.81. The zero-order valence-corrected chi connectivity index (χ0v) is 14.7. The van der Waals surface area contributed by atoms with E-state index in [4.69, 9.17) is 9.98 Å². The highest BCUT2D eigenvalue weighted by Crippen LogP contribution is 2.25. The van der Waals surface area contributed by atoms with Crippen LogP contribution in [-0.4, -0.2) is 15.6 Å². The fraction of sp³-hybridized carbons (Fsp3) is 0. The largest absolute Gasteiger partial charge is 0.305 e. The Balaban J connectivity index is 1.59. The molecule has 0 fully saturated rings. The Hall–Kier alpha value is -3.72. The van der Waals surface area contributed by atoms with E-state index < -0.39 is 0 Å². The maximum atomic E-state index is 4.81. The first-order valence-corrected chi connectivity index (χ1v) is 8.93. The van der Waals surface area contributed by atoms with E-state index in [1.165, 1.54) is 10.8 Å². The zero-order valence-electron chi connectivity index (χ0n) is 14.7. The van der Waals surface area contributed by atoms with Crippen LogP contribution in [0.2, 0.25) is 0 Å². The number of nitrogens with zero attached hydrogens (tertiary/aromatic N) is 3. The molecule has 128 valence electrons. The topological polar surface area (TPSA) is 29.7 Å². The van der Waals surface area contributed by atoms with Crippen molar-refractivity contribution in [3.05, 3.63) is 103 Å². The summed E-state index contributed by atoms with van der Waals surface area (Å²) in [6, 6.07) is 28.8. The van der Waals surface area contributed by atoms with E-state index in [1.807, 2.05) is 53.3 Å². The summed E-state index contributed by atoms with van der Waals surface area (Å²) >= 11 is 0. The average molecular weight is 347 g/mol. The van der Waals surface area contributed by atoms with Gasteiger partial charge in [-0.25, -0.2) is 4.98 Å². The summed E-state index contributed by atoms with van der Waals surface area (Å²) < 4.78 is 2.03. The number of aliphatic imine (C=N–C) groups is 1. The third-order valence-electron chi connectivity index (χ3n) is 4.70. The third-order valence-corrected chi connectivity index (χ3v) is 4.70. The number of imidazole rings is 1. The van der Waals surface area contributed by atoms with E-state index >= 15 is 0 Å². The summed E-state index contributed by atoms with van der Waals surface area (Å²) in [5, 5.41) is 2.41. The lowest BCUT2D eigenvalue weighted by molar-refractivity contribution is 1.18. The summed E-state index contributed by atoms with van der Waals surface area (Å²) in [4.78, 5) is 9.56. The summed E-state index contributed by atoms with van der Waals surface area (Å²) in [7, 11) is 0. The van der Waals surface area contributed by atoms with Gasteiger partial charge in [-0.3, -0.25) is 4.99 Å². The van der Waals surface area contributed by atoms with Crippen LogP contribution in [0.3, 0.4) is 0 Å². The van der Waals surface area contributed by atoms with Crippen molar-refractivity contribution in [3.8, 4) is 11.3 Å². The first kappa shape index (κ1) is 15.5. The van der Waals surface area contributed by atoms with Crippen molar-refractivity contribution in [1.82, 2.24) is 9.38 Å². The highest BCUT2D eigenvalue weighted by atomic mass is 15.0. The Morgan fingerprint density at radius 1 is 0.778 bits per heavy atom. The predicted molar refractivity (Wildman–Crippen MR) is 112 cm³/mol. The van der Waals surface area contributed by atoms with Crippen molar-refractivity contribution in [2.24, 2.45) is 4.99 Å². The van der Waals surface area contributed by atoms with Crippen LogP contribution in [0.25, 0.3) is 27.7 Å². The van der Waals surface area contributed by atoms with Crippen LogP contribution in [0.4, 0.5) is 5.69 Å². The number of fused-ring (bicyclic) bond motifs is 2. The minimum absolute atomic E-state index is 0.854. The second kappa shape index (κ2) is 6.54. The molecule has 3 heteroatoms. The second-order valence-electron chi connectivity index (χ2n) is 6.44. The standard InChI is InChI=1S/C24H17N3/c1-2-9-19(10-3-1)23-17-27-15-7-14-22(24(27)26-23)25-16-20-12-6-11-18-8-4-5-13-21(18)20/h1-17H. The Morgan fingerprint density at radius 2 is 1.59 bits per heavy atom. The minimum Gasteiger partial charge on any atom is -0.305 e. The lowest BCUT2D eigenvalue weighted by Gasteiger charge is -2.02. The molecule has 0 saturated carbocycles. The Bertz CT molecular complexity index is 1260. The minimum atomic E-state index is 0.854. The van der Waals surface area contributed by atoms with Crippen molar-refractivity contribution in [1.29, 1.82) is 0 Å². The lowest BCUT2D eigenvalue weighted by atomic mass is 10.1. The summed E-state index contributed by atoms with van der Waals surface area (Å²) in [5.74, 6) is 0. The van der Waals surface area contributed by atoms with Crippen molar-refractivity contribution < 1.29 is 0 Å².